The van der Waals surface area contributed by atoms with Gasteiger partial charge >= 0.3 is 0 Å². The van der Waals surface area contributed by atoms with Gasteiger partial charge in [-0.15, -0.1) is 0 Å². The van der Waals surface area contributed by atoms with Crippen LogP contribution in [0.3, 0.4) is 0 Å². The van der Waals surface area contributed by atoms with Crippen LogP contribution in [0, 0.1) is 11.6 Å². The second-order valence-electron chi connectivity index (χ2n) is 6.81. The normalized spacial score (nSPS) is 20.8. The van der Waals surface area contributed by atoms with Crippen molar-refractivity contribution >= 4 is 5.91 Å². The summed E-state index contributed by atoms with van der Waals surface area (Å²) in [5.74, 6) is 0.272. The summed E-state index contributed by atoms with van der Waals surface area (Å²) in [6.07, 6.45) is 0.896. The highest BCUT2D eigenvalue weighted by molar-refractivity contribution is 5.77. The van der Waals surface area contributed by atoms with E-state index in [1.807, 2.05) is 12.1 Å². The number of rotatable bonds is 5. The van der Waals surface area contributed by atoms with Crippen LogP contribution in [-0.4, -0.2) is 25.9 Å². The highest BCUT2D eigenvalue weighted by Gasteiger charge is 2.30. The van der Waals surface area contributed by atoms with Crippen LogP contribution in [0.15, 0.2) is 30.3 Å². The Morgan fingerprint density at radius 2 is 1.96 bits per heavy atom. The highest BCUT2D eigenvalue weighted by Crippen LogP contribution is 2.41. The molecule has 2 aliphatic rings. The molecule has 1 saturated heterocycles. The number of amides is 1. The Morgan fingerprint density at radius 3 is 2.71 bits per heavy atom. The number of nitrogens with one attached hydrogen (secondary N) is 2. The summed E-state index contributed by atoms with van der Waals surface area (Å²) >= 11 is 0. The van der Waals surface area contributed by atoms with Gasteiger partial charge in [0.15, 0.2) is 11.5 Å². The SMILES string of the molecule is COc1cc(CN[C@@H]2CCC(=O)N[C@H]2c2cc(F)cc(F)c2)cc2c1OCO2. The van der Waals surface area contributed by atoms with Crippen LogP contribution in [0.5, 0.6) is 17.2 Å². The lowest BCUT2D eigenvalue weighted by Crippen LogP contribution is -2.48. The number of halogens is 2. The minimum atomic E-state index is -0.672. The quantitative estimate of drug-likeness (QED) is 0.822. The van der Waals surface area contributed by atoms with Crippen molar-refractivity contribution in [2.24, 2.45) is 0 Å². The number of fused-ring (bicyclic) bond motifs is 1. The summed E-state index contributed by atoms with van der Waals surface area (Å²) in [6.45, 7) is 0.603. The molecular weight excluding hydrogens is 370 g/mol. The first-order chi connectivity index (χ1) is 13.5. The molecule has 8 heteroatoms. The lowest BCUT2D eigenvalue weighted by atomic mass is 9.91. The van der Waals surface area contributed by atoms with E-state index in [9.17, 15) is 13.6 Å². The molecule has 2 N–H and O–H groups in total. The van der Waals surface area contributed by atoms with Gasteiger partial charge in [-0.05, 0) is 41.8 Å². The molecule has 0 saturated carbocycles. The van der Waals surface area contributed by atoms with Crippen molar-refractivity contribution in [1.82, 2.24) is 10.6 Å². The first-order valence-corrected chi connectivity index (χ1v) is 8.99. The van der Waals surface area contributed by atoms with E-state index in [0.717, 1.165) is 11.6 Å². The zero-order chi connectivity index (χ0) is 19.7. The monoisotopic (exact) mass is 390 g/mol. The topological polar surface area (TPSA) is 68.8 Å². The first-order valence-electron chi connectivity index (χ1n) is 8.99. The van der Waals surface area contributed by atoms with Gasteiger partial charge in [0.05, 0.1) is 13.2 Å². The van der Waals surface area contributed by atoms with Crippen molar-refractivity contribution < 1.29 is 27.8 Å². The molecule has 2 aliphatic heterocycles. The summed E-state index contributed by atoms with van der Waals surface area (Å²) < 4.78 is 43.5. The fourth-order valence-electron chi connectivity index (χ4n) is 3.62. The van der Waals surface area contributed by atoms with Crippen molar-refractivity contribution in [3.63, 3.8) is 0 Å². The maximum absolute atomic E-state index is 13.7. The largest absolute Gasteiger partial charge is 0.493 e. The number of carbonyl (C=O) groups excluding carboxylic acids is 1. The molecule has 0 spiro atoms. The van der Waals surface area contributed by atoms with Gasteiger partial charge in [-0.1, -0.05) is 0 Å². The number of carbonyl (C=O) groups is 1. The minimum Gasteiger partial charge on any atom is -0.493 e. The molecule has 148 valence electrons. The predicted molar refractivity (Wildman–Crippen MR) is 96.2 cm³/mol. The van der Waals surface area contributed by atoms with Crippen LogP contribution in [0.1, 0.15) is 30.0 Å². The number of methoxy groups -OCH3 is 1. The summed E-state index contributed by atoms with van der Waals surface area (Å²) in [4.78, 5) is 11.9. The van der Waals surface area contributed by atoms with Crippen LogP contribution < -0.4 is 24.8 Å². The molecule has 0 unspecified atom stereocenters. The molecule has 1 amide bonds. The third-order valence-electron chi connectivity index (χ3n) is 4.93. The van der Waals surface area contributed by atoms with Crippen molar-refractivity contribution in [2.75, 3.05) is 13.9 Å². The van der Waals surface area contributed by atoms with E-state index in [2.05, 4.69) is 10.6 Å². The van der Waals surface area contributed by atoms with E-state index < -0.39 is 17.7 Å². The van der Waals surface area contributed by atoms with Gasteiger partial charge < -0.3 is 24.8 Å². The van der Waals surface area contributed by atoms with E-state index >= 15 is 0 Å². The molecule has 0 aromatic heterocycles. The van der Waals surface area contributed by atoms with Crippen molar-refractivity contribution in [3.8, 4) is 17.2 Å². The zero-order valence-electron chi connectivity index (χ0n) is 15.3. The van der Waals surface area contributed by atoms with Crippen molar-refractivity contribution in [3.05, 3.63) is 53.1 Å². The molecule has 2 atom stereocenters. The van der Waals surface area contributed by atoms with Gasteiger partial charge in [0, 0.05) is 25.1 Å². The van der Waals surface area contributed by atoms with Crippen molar-refractivity contribution in [1.29, 1.82) is 0 Å². The maximum Gasteiger partial charge on any atom is 0.231 e. The van der Waals surface area contributed by atoms with Crippen molar-refractivity contribution in [2.45, 2.75) is 31.5 Å². The molecule has 2 aromatic rings. The van der Waals surface area contributed by atoms with E-state index in [4.69, 9.17) is 14.2 Å². The molecule has 28 heavy (non-hydrogen) atoms. The van der Waals surface area contributed by atoms with E-state index in [-0.39, 0.29) is 18.7 Å². The lowest BCUT2D eigenvalue weighted by molar-refractivity contribution is -0.123. The molecule has 0 radical (unpaired) electrons. The molecule has 2 aromatic carbocycles. The Hall–Kier alpha value is -2.87. The fourth-order valence-corrected chi connectivity index (χ4v) is 3.62. The molecule has 0 bridgehead atoms. The molecule has 4 rings (SSSR count). The molecular formula is C20H20F2N2O4. The van der Waals surface area contributed by atoms with Crippen LogP contribution in [-0.2, 0) is 11.3 Å². The first kappa shape index (κ1) is 18.5. The van der Waals surface area contributed by atoms with Gasteiger partial charge in [-0.2, -0.15) is 0 Å². The Labute approximate surface area is 160 Å². The van der Waals surface area contributed by atoms with E-state index in [1.54, 1.807) is 7.11 Å². The third-order valence-corrected chi connectivity index (χ3v) is 4.93. The van der Waals surface area contributed by atoms with Gasteiger partial charge in [0.1, 0.15) is 11.6 Å². The number of ether oxygens (including phenoxy) is 3. The van der Waals surface area contributed by atoms with Crippen LogP contribution in [0.25, 0.3) is 0 Å². The Kier molecular flexibility index (Phi) is 5.04. The minimum absolute atomic E-state index is 0.141. The number of benzene rings is 2. The number of hydrogen-bond donors (Lipinski definition) is 2. The van der Waals surface area contributed by atoms with Crippen LogP contribution in [0.2, 0.25) is 0 Å². The number of hydrogen-bond acceptors (Lipinski definition) is 5. The van der Waals surface area contributed by atoms with Gasteiger partial charge in [-0.25, -0.2) is 8.78 Å². The van der Waals surface area contributed by atoms with Crippen LogP contribution >= 0.6 is 0 Å². The smallest absolute Gasteiger partial charge is 0.231 e. The third kappa shape index (κ3) is 3.73. The average molecular weight is 390 g/mol. The van der Waals surface area contributed by atoms with Crippen LogP contribution in [0.4, 0.5) is 8.78 Å². The molecule has 0 aliphatic carbocycles. The molecule has 1 fully saturated rings. The second-order valence-corrected chi connectivity index (χ2v) is 6.81. The van der Waals surface area contributed by atoms with E-state index in [0.29, 0.717) is 42.2 Å². The van der Waals surface area contributed by atoms with Gasteiger partial charge in [0.2, 0.25) is 18.4 Å². The summed E-state index contributed by atoms with van der Waals surface area (Å²) in [5, 5.41) is 6.21. The Balaban J connectivity index is 1.53. The highest BCUT2D eigenvalue weighted by atomic mass is 19.1. The standard InChI is InChI=1S/C20H20F2N2O4/c1-26-16-4-11(5-17-20(16)28-10-27-17)9-23-15-2-3-18(25)24-19(15)12-6-13(21)8-14(22)7-12/h4-8,15,19,23H,2-3,9-10H2,1H3,(H,24,25)/t15-,19+/m1/s1. The summed E-state index contributed by atoms with van der Waals surface area (Å²) in [6, 6.07) is 6.30. The number of piperidine rings is 1. The van der Waals surface area contributed by atoms with E-state index in [1.165, 1.54) is 12.1 Å². The lowest BCUT2D eigenvalue weighted by Gasteiger charge is -2.33. The summed E-state index contributed by atoms with van der Waals surface area (Å²) in [7, 11) is 1.56. The van der Waals surface area contributed by atoms with Gasteiger partial charge in [-0.3, -0.25) is 4.79 Å². The fraction of sp³-hybridized carbons (Fsp3) is 0.350. The maximum atomic E-state index is 13.7. The molecule has 2 heterocycles. The second kappa shape index (κ2) is 7.63. The zero-order valence-corrected chi connectivity index (χ0v) is 15.3. The Bertz CT molecular complexity index is 886. The summed E-state index contributed by atoms with van der Waals surface area (Å²) in [5.41, 5.74) is 1.30. The van der Waals surface area contributed by atoms with Gasteiger partial charge in [0.25, 0.3) is 0 Å². The molecule has 6 nitrogen and oxygen atoms in total. The Morgan fingerprint density at radius 1 is 1.18 bits per heavy atom. The predicted octanol–water partition coefficient (Wildman–Crippen LogP) is 2.81. The average Bonchev–Trinajstić information content (AvgIpc) is 3.14.